The number of likely N-dealkylation sites (tertiary alicyclic amines) is 1. The second-order valence-electron chi connectivity index (χ2n) is 13.3. The summed E-state index contributed by atoms with van der Waals surface area (Å²) in [5, 5.41) is 13.2. The SMILES string of the molecule is COc1cc(C(=O)N(C)CC(CCN2CCC(Nc3nc4ccccc4n3Cc3ccc(CO)o3)CC2)c2ccc(C)cc2)cc(OC)c1OC. The Bertz CT molecular complexity index is 1890. The molecule has 1 aliphatic rings. The lowest BCUT2D eigenvalue weighted by molar-refractivity contribution is 0.0781. The smallest absolute Gasteiger partial charge is 0.253 e. The average molecular weight is 696 g/mol. The van der Waals surface area contributed by atoms with Gasteiger partial charge in [0.05, 0.1) is 38.9 Å². The van der Waals surface area contributed by atoms with E-state index in [1.54, 1.807) is 38.4 Å². The van der Waals surface area contributed by atoms with Gasteiger partial charge in [0, 0.05) is 44.2 Å². The summed E-state index contributed by atoms with van der Waals surface area (Å²) in [4.78, 5) is 23.0. The van der Waals surface area contributed by atoms with Gasteiger partial charge in [-0.15, -0.1) is 0 Å². The normalized spacial score (nSPS) is 14.4. The van der Waals surface area contributed by atoms with E-state index in [0.29, 0.717) is 41.7 Å². The summed E-state index contributed by atoms with van der Waals surface area (Å²) in [6.07, 6.45) is 2.91. The van der Waals surface area contributed by atoms with Crippen LogP contribution in [0, 0.1) is 6.92 Å². The molecule has 51 heavy (non-hydrogen) atoms. The number of fused-ring (bicyclic) bond motifs is 1. The van der Waals surface area contributed by atoms with Crippen LogP contribution in [0.25, 0.3) is 11.0 Å². The van der Waals surface area contributed by atoms with Crippen LogP contribution in [0.1, 0.15) is 58.2 Å². The summed E-state index contributed by atoms with van der Waals surface area (Å²) in [6, 6.07) is 24.2. The molecule has 3 heterocycles. The van der Waals surface area contributed by atoms with Crippen molar-refractivity contribution in [2.45, 2.75) is 51.3 Å². The Labute approximate surface area is 299 Å². The maximum absolute atomic E-state index is 13.7. The van der Waals surface area contributed by atoms with Crippen LogP contribution < -0.4 is 19.5 Å². The van der Waals surface area contributed by atoms with Crippen molar-refractivity contribution in [2.24, 2.45) is 0 Å². The lowest BCUT2D eigenvalue weighted by Crippen LogP contribution is -2.40. The summed E-state index contributed by atoms with van der Waals surface area (Å²) in [5.74, 6) is 3.57. The number of aliphatic hydroxyl groups is 1. The molecule has 11 nitrogen and oxygen atoms in total. The first-order valence-corrected chi connectivity index (χ1v) is 17.5. The predicted octanol–water partition coefficient (Wildman–Crippen LogP) is 6.33. The van der Waals surface area contributed by atoms with Crippen LogP contribution >= 0.6 is 0 Å². The van der Waals surface area contributed by atoms with Crippen molar-refractivity contribution in [3.05, 3.63) is 101 Å². The number of aromatic nitrogens is 2. The number of anilines is 1. The number of nitrogens with one attached hydrogen (secondary N) is 1. The second-order valence-corrected chi connectivity index (χ2v) is 13.3. The fraction of sp³-hybridized carbons (Fsp3) is 0.400. The molecule has 1 unspecified atom stereocenters. The standard InChI is InChI=1S/C40H49N5O6/c1-27-10-12-28(13-11-27)29(24-43(2)39(47)30-22-36(48-3)38(50-5)37(23-30)49-4)16-19-44-20-17-31(18-21-44)41-40-42-34-8-6-7-9-35(34)45(40)25-32-14-15-33(26-46)51-32/h6-15,22-23,29,31,46H,16-21,24-26H2,1-5H3,(H,41,42). The molecule has 270 valence electrons. The molecule has 0 saturated carbocycles. The van der Waals surface area contributed by atoms with Gasteiger partial charge in [0.1, 0.15) is 18.1 Å². The van der Waals surface area contributed by atoms with Crippen molar-refractivity contribution in [3.63, 3.8) is 0 Å². The number of methoxy groups -OCH3 is 3. The number of amides is 1. The van der Waals surface area contributed by atoms with E-state index >= 15 is 0 Å². The van der Waals surface area contributed by atoms with Crippen molar-refractivity contribution < 1.29 is 28.5 Å². The summed E-state index contributed by atoms with van der Waals surface area (Å²) < 4.78 is 24.4. The number of carbonyl (C=O) groups excluding carboxylic acids is 1. The van der Waals surface area contributed by atoms with Crippen LogP contribution in [0.3, 0.4) is 0 Å². The molecular formula is C40H49N5O6. The number of hydrogen-bond donors (Lipinski definition) is 2. The summed E-state index contributed by atoms with van der Waals surface area (Å²) in [6.45, 7) is 5.94. The number of imidazole rings is 1. The fourth-order valence-corrected chi connectivity index (χ4v) is 6.96. The Morgan fingerprint density at radius 2 is 1.67 bits per heavy atom. The Morgan fingerprint density at radius 1 is 0.980 bits per heavy atom. The lowest BCUT2D eigenvalue weighted by Gasteiger charge is -2.34. The molecular weight excluding hydrogens is 646 g/mol. The molecule has 1 fully saturated rings. The van der Waals surface area contributed by atoms with Crippen molar-refractivity contribution in [2.75, 3.05) is 59.9 Å². The number of hydrogen-bond acceptors (Lipinski definition) is 9. The summed E-state index contributed by atoms with van der Waals surface area (Å²) in [5.41, 5.74) is 4.89. The zero-order valence-electron chi connectivity index (χ0n) is 30.2. The summed E-state index contributed by atoms with van der Waals surface area (Å²) in [7, 11) is 6.51. The number of carbonyl (C=O) groups is 1. The number of likely N-dealkylation sites (N-methyl/N-ethyl adjacent to an activating group) is 1. The van der Waals surface area contributed by atoms with E-state index in [1.165, 1.54) is 11.1 Å². The fourth-order valence-electron chi connectivity index (χ4n) is 6.96. The van der Waals surface area contributed by atoms with E-state index in [1.807, 2.05) is 37.4 Å². The third-order valence-electron chi connectivity index (χ3n) is 9.86. The highest BCUT2D eigenvalue weighted by Gasteiger charge is 2.25. The summed E-state index contributed by atoms with van der Waals surface area (Å²) >= 11 is 0. The van der Waals surface area contributed by atoms with Gasteiger partial charge in [-0.25, -0.2) is 4.98 Å². The Hall–Kier alpha value is -5.00. The van der Waals surface area contributed by atoms with Gasteiger partial charge < -0.3 is 43.4 Å². The predicted molar refractivity (Wildman–Crippen MR) is 198 cm³/mol. The molecule has 1 aliphatic heterocycles. The van der Waals surface area contributed by atoms with Crippen molar-refractivity contribution in [1.82, 2.24) is 19.4 Å². The number of para-hydroxylation sites is 2. The molecule has 1 amide bonds. The molecule has 2 aromatic heterocycles. The number of aryl methyl sites for hydroxylation is 1. The van der Waals surface area contributed by atoms with Crippen LogP contribution in [0.15, 0.2) is 77.2 Å². The van der Waals surface area contributed by atoms with Gasteiger partial charge in [-0.05, 0) is 74.7 Å². The molecule has 2 N–H and O–H groups in total. The van der Waals surface area contributed by atoms with E-state index in [9.17, 15) is 9.90 Å². The van der Waals surface area contributed by atoms with E-state index in [2.05, 4.69) is 52.0 Å². The first kappa shape index (κ1) is 35.8. The zero-order chi connectivity index (χ0) is 35.9. The number of rotatable bonds is 15. The topological polar surface area (TPSA) is 114 Å². The van der Waals surface area contributed by atoms with E-state index < -0.39 is 0 Å². The first-order valence-electron chi connectivity index (χ1n) is 17.5. The van der Waals surface area contributed by atoms with Gasteiger partial charge in [-0.2, -0.15) is 0 Å². The van der Waals surface area contributed by atoms with Crippen LogP contribution in [-0.4, -0.2) is 91.0 Å². The maximum Gasteiger partial charge on any atom is 0.253 e. The van der Waals surface area contributed by atoms with Gasteiger partial charge in [0.15, 0.2) is 11.5 Å². The number of ether oxygens (including phenoxy) is 3. The average Bonchev–Trinajstić information content (AvgIpc) is 3.77. The van der Waals surface area contributed by atoms with Crippen LogP contribution in [0.4, 0.5) is 5.95 Å². The highest BCUT2D eigenvalue weighted by Crippen LogP contribution is 2.38. The molecule has 1 atom stereocenters. The molecule has 5 aromatic rings. The molecule has 1 saturated heterocycles. The third-order valence-corrected chi connectivity index (χ3v) is 9.86. The molecule has 3 aromatic carbocycles. The van der Waals surface area contributed by atoms with Gasteiger partial charge in [-0.1, -0.05) is 42.0 Å². The zero-order valence-corrected chi connectivity index (χ0v) is 30.2. The van der Waals surface area contributed by atoms with E-state index in [-0.39, 0.29) is 24.5 Å². The maximum atomic E-state index is 13.7. The highest BCUT2D eigenvalue weighted by molar-refractivity contribution is 5.95. The van der Waals surface area contributed by atoms with Crippen LogP contribution in [-0.2, 0) is 13.2 Å². The molecule has 0 radical (unpaired) electrons. The van der Waals surface area contributed by atoms with Gasteiger partial charge in [0.2, 0.25) is 11.7 Å². The lowest BCUT2D eigenvalue weighted by atomic mass is 9.93. The molecule has 0 aliphatic carbocycles. The number of piperidine rings is 1. The quantitative estimate of drug-likeness (QED) is 0.130. The van der Waals surface area contributed by atoms with Crippen molar-refractivity contribution in [1.29, 1.82) is 0 Å². The Balaban J connectivity index is 1.09. The second kappa shape index (κ2) is 16.3. The van der Waals surface area contributed by atoms with Gasteiger partial charge >= 0.3 is 0 Å². The van der Waals surface area contributed by atoms with Gasteiger partial charge in [0.25, 0.3) is 5.91 Å². The number of nitrogens with zero attached hydrogens (tertiary/aromatic N) is 4. The molecule has 0 bridgehead atoms. The Kier molecular flexibility index (Phi) is 11.5. The minimum atomic E-state index is -0.121. The number of aliphatic hydroxyl groups excluding tert-OH is 1. The van der Waals surface area contributed by atoms with Gasteiger partial charge in [-0.3, -0.25) is 4.79 Å². The number of benzene rings is 3. The van der Waals surface area contributed by atoms with Crippen molar-refractivity contribution >= 4 is 22.9 Å². The molecule has 11 heteroatoms. The monoisotopic (exact) mass is 695 g/mol. The highest BCUT2D eigenvalue weighted by atomic mass is 16.5. The van der Waals surface area contributed by atoms with Crippen LogP contribution in [0.2, 0.25) is 0 Å². The van der Waals surface area contributed by atoms with E-state index in [0.717, 1.165) is 61.6 Å². The minimum absolute atomic E-state index is 0.106. The molecule has 6 rings (SSSR count). The Morgan fingerprint density at radius 3 is 2.31 bits per heavy atom. The van der Waals surface area contributed by atoms with E-state index in [4.69, 9.17) is 23.6 Å². The van der Waals surface area contributed by atoms with Crippen LogP contribution in [0.5, 0.6) is 17.2 Å². The first-order chi connectivity index (χ1) is 24.8. The number of furan rings is 1. The molecule has 0 spiro atoms. The van der Waals surface area contributed by atoms with Crippen molar-refractivity contribution in [3.8, 4) is 17.2 Å². The third kappa shape index (κ3) is 8.32. The largest absolute Gasteiger partial charge is 0.493 e. The minimum Gasteiger partial charge on any atom is -0.493 e.